The van der Waals surface area contributed by atoms with Crippen LogP contribution in [-0.4, -0.2) is 22.9 Å². The van der Waals surface area contributed by atoms with Gasteiger partial charge in [0.15, 0.2) is 0 Å². The lowest BCUT2D eigenvalue weighted by Crippen LogP contribution is -2.40. The van der Waals surface area contributed by atoms with Crippen molar-refractivity contribution >= 4 is 6.09 Å². The fraction of sp³-hybridized carbons (Fsp3) is 0.458. The Morgan fingerprint density at radius 3 is 2.03 bits per heavy atom. The molecule has 3 rings (SSSR count). The molecule has 5 nitrogen and oxygen atoms in total. The van der Waals surface area contributed by atoms with Crippen molar-refractivity contribution in [1.82, 2.24) is 0 Å². The van der Waals surface area contributed by atoms with Crippen molar-refractivity contribution in [2.45, 2.75) is 64.1 Å². The van der Waals surface area contributed by atoms with Crippen LogP contribution in [0.5, 0.6) is 11.5 Å². The van der Waals surface area contributed by atoms with E-state index in [4.69, 9.17) is 15.2 Å². The van der Waals surface area contributed by atoms with Gasteiger partial charge in [-0.3, -0.25) is 0 Å². The number of phenolic OH excluding ortho intramolecular Hbond substituents is 1. The summed E-state index contributed by atoms with van der Waals surface area (Å²) < 4.78 is 11.3. The summed E-state index contributed by atoms with van der Waals surface area (Å²) in [5, 5.41) is 9.52. The quantitative estimate of drug-likeness (QED) is 0.678. The molecule has 1 aliphatic rings. The van der Waals surface area contributed by atoms with E-state index in [9.17, 15) is 9.90 Å². The second-order valence-electron chi connectivity index (χ2n) is 9.16. The highest BCUT2D eigenvalue weighted by atomic mass is 16.6. The Kier molecular flexibility index (Phi) is 5.78. The van der Waals surface area contributed by atoms with Gasteiger partial charge in [0.05, 0.1) is 6.10 Å². The van der Waals surface area contributed by atoms with Gasteiger partial charge in [-0.1, -0.05) is 38.1 Å². The Hall–Kier alpha value is -2.69. The van der Waals surface area contributed by atoms with Gasteiger partial charge in [-0.15, -0.1) is 0 Å². The molecule has 0 unspecified atom stereocenters. The standard InChI is InChI=1S/C24H31NO4/c1-23(2,29-22(25)27)15-16-13-21(14-16)28-20-11-7-18(8-12-20)24(3,4)17-5-9-19(26)10-6-17/h5-12,16,21,26H,13-15H2,1-4H3,(H2,25,27). The molecule has 156 valence electrons. The third kappa shape index (κ3) is 5.22. The minimum atomic E-state index is -0.725. The molecule has 1 saturated carbocycles. The van der Waals surface area contributed by atoms with Crippen LogP contribution in [0, 0.1) is 5.92 Å². The first-order chi connectivity index (χ1) is 13.5. The van der Waals surface area contributed by atoms with Gasteiger partial charge in [0.1, 0.15) is 17.1 Å². The van der Waals surface area contributed by atoms with E-state index in [1.807, 2.05) is 38.1 Å². The maximum atomic E-state index is 11.0. The summed E-state index contributed by atoms with van der Waals surface area (Å²) in [6.07, 6.45) is 2.16. The SMILES string of the molecule is CC(C)(CC1CC(Oc2ccc(C(C)(C)c3ccc(O)cc3)cc2)C1)OC(N)=O. The van der Waals surface area contributed by atoms with Crippen LogP contribution < -0.4 is 10.5 Å². The van der Waals surface area contributed by atoms with Crippen molar-refractivity contribution in [2.75, 3.05) is 0 Å². The second kappa shape index (κ2) is 7.97. The molecule has 5 heteroatoms. The number of ether oxygens (including phenoxy) is 2. The summed E-state index contributed by atoms with van der Waals surface area (Å²) in [5.41, 5.74) is 6.76. The molecule has 0 spiro atoms. The molecule has 29 heavy (non-hydrogen) atoms. The fourth-order valence-corrected chi connectivity index (χ4v) is 4.13. The Labute approximate surface area is 172 Å². The fourth-order valence-electron chi connectivity index (χ4n) is 4.13. The summed E-state index contributed by atoms with van der Waals surface area (Å²) >= 11 is 0. The van der Waals surface area contributed by atoms with Gasteiger partial charge < -0.3 is 20.3 Å². The lowest BCUT2D eigenvalue weighted by molar-refractivity contribution is -0.0131. The number of aromatic hydroxyl groups is 1. The predicted molar refractivity (Wildman–Crippen MR) is 113 cm³/mol. The molecule has 0 atom stereocenters. The van der Waals surface area contributed by atoms with E-state index in [1.54, 1.807) is 12.1 Å². The number of rotatable bonds is 7. The van der Waals surface area contributed by atoms with Crippen LogP contribution in [0.4, 0.5) is 4.79 Å². The maximum absolute atomic E-state index is 11.0. The third-order valence-corrected chi connectivity index (χ3v) is 5.82. The van der Waals surface area contributed by atoms with Gasteiger partial charge in [-0.25, -0.2) is 4.79 Å². The molecule has 1 amide bonds. The van der Waals surface area contributed by atoms with Gasteiger partial charge in [-0.05, 0) is 74.4 Å². The number of carbonyl (C=O) groups is 1. The monoisotopic (exact) mass is 397 g/mol. The normalized spacial score (nSPS) is 19.3. The number of nitrogens with two attached hydrogens (primary N) is 1. The molecule has 0 heterocycles. The van der Waals surface area contributed by atoms with Crippen molar-refractivity contribution in [3.05, 3.63) is 59.7 Å². The lowest BCUT2D eigenvalue weighted by atomic mass is 9.76. The van der Waals surface area contributed by atoms with Gasteiger partial charge in [0.2, 0.25) is 0 Å². The molecule has 1 aliphatic carbocycles. The molecule has 0 bridgehead atoms. The summed E-state index contributed by atoms with van der Waals surface area (Å²) in [6, 6.07) is 15.6. The van der Waals surface area contributed by atoms with Gasteiger partial charge in [0, 0.05) is 5.41 Å². The minimum Gasteiger partial charge on any atom is -0.508 e. The van der Waals surface area contributed by atoms with Crippen LogP contribution in [0.1, 0.15) is 58.1 Å². The summed E-state index contributed by atoms with van der Waals surface area (Å²) in [6.45, 7) is 8.12. The van der Waals surface area contributed by atoms with E-state index < -0.39 is 11.7 Å². The number of amides is 1. The Morgan fingerprint density at radius 2 is 1.52 bits per heavy atom. The number of hydrogen-bond donors (Lipinski definition) is 2. The van der Waals surface area contributed by atoms with Crippen LogP contribution >= 0.6 is 0 Å². The maximum Gasteiger partial charge on any atom is 0.405 e. The van der Waals surface area contributed by atoms with E-state index in [0.29, 0.717) is 5.92 Å². The average molecular weight is 398 g/mol. The second-order valence-corrected chi connectivity index (χ2v) is 9.16. The first-order valence-corrected chi connectivity index (χ1v) is 10.1. The van der Waals surface area contributed by atoms with Crippen molar-refractivity contribution in [2.24, 2.45) is 11.7 Å². The summed E-state index contributed by atoms with van der Waals surface area (Å²) in [4.78, 5) is 11.0. The number of phenols is 1. The molecule has 1 fully saturated rings. The van der Waals surface area contributed by atoms with Crippen molar-refractivity contribution in [1.29, 1.82) is 0 Å². The number of hydrogen-bond acceptors (Lipinski definition) is 4. The number of carbonyl (C=O) groups excluding carboxylic acids is 1. The van der Waals surface area contributed by atoms with E-state index >= 15 is 0 Å². The van der Waals surface area contributed by atoms with Crippen LogP contribution in [-0.2, 0) is 10.2 Å². The molecule has 0 radical (unpaired) electrons. The zero-order chi connectivity index (χ0) is 21.2. The molecule has 0 aromatic heterocycles. The van der Waals surface area contributed by atoms with Gasteiger partial charge >= 0.3 is 6.09 Å². The summed E-state index contributed by atoms with van der Waals surface area (Å²) in [5.74, 6) is 1.62. The van der Waals surface area contributed by atoms with Crippen LogP contribution in [0.15, 0.2) is 48.5 Å². The molecule has 2 aromatic rings. The lowest BCUT2D eigenvalue weighted by Gasteiger charge is -2.39. The Bertz CT molecular complexity index is 834. The third-order valence-electron chi connectivity index (χ3n) is 5.82. The highest BCUT2D eigenvalue weighted by molar-refractivity contribution is 5.65. The molecule has 0 aliphatic heterocycles. The molecular formula is C24H31NO4. The summed E-state index contributed by atoms with van der Waals surface area (Å²) in [7, 11) is 0. The van der Waals surface area contributed by atoms with Gasteiger partial charge in [-0.2, -0.15) is 0 Å². The minimum absolute atomic E-state index is 0.167. The number of benzene rings is 2. The van der Waals surface area contributed by atoms with Crippen LogP contribution in [0.25, 0.3) is 0 Å². The first-order valence-electron chi connectivity index (χ1n) is 10.1. The Balaban J connectivity index is 1.54. The van der Waals surface area contributed by atoms with Crippen molar-refractivity contribution < 1.29 is 19.4 Å². The van der Waals surface area contributed by atoms with Crippen molar-refractivity contribution in [3.8, 4) is 11.5 Å². The van der Waals surface area contributed by atoms with E-state index in [2.05, 4.69) is 26.0 Å². The largest absolute Gasteiger partial charge is 0.508 e. The predicted octanol–water partition coefficient (Wildman–Crippen LogP) is 5.14. The van der Waals surface area contributed by atoms with E-state index in [1.165, 1.54) is 5.56 Å². The van der Waals surface area contributed by atoms with Crippen LogP contribution in [0.2, 0.25) is 0 Å². The molecule has 3 N–H and O–H groups in total. The average Bonchev–Trinajstić information content (AvgIpc) is 2.59. The number of primary amides is 1. The van der Waals surface area contributed by atoms with Crippen LogP contribution in [0.3, 0.4) is 0 Å². The van der Waals surface area contributed by atoms with E-state index in [0.717, 1.165) is 30.6 Å². The first kappa shape index (κ1) is 21.0. The topological polar surface area (TPSA) is 81.8 Å². The molecule has 2 aromatic carbocycles. The zero-order valence-electron chi connectivity index (χ0n) is 17.6. The Morgan fingerprint density at radius 1 is 1.00 bits per heavy atom. The van der Waals surface area contributed by atoms with Crippen molar-refractivity contribution in [3.63, 3.8) is 0 Å². The zero-order valence-corrected chi connectivity index (χ0v) is 17.6. The highest BCUT2D eigenvalue weighted by Gasteiger charge is 2.36. The van der Waals surface area contributed by atoms with E-state index in [-0.39, 0.29) is 17.3 Å². The highest BCUT2D eigenvalue weighted by Crippen LogP contribution is 2.38. The molecule has 0 saturated heterocycles. The smallest absolute Gasteiger partial charge is 0.405 e. The van der Waals surface area contributed by atoms with Gasteiger partial charge in [0.25, 0.3) is 0 Å². The molecular weight excluding hydrogens is 366 g/mol.